The van der Waals surface area contributed by atoms with E-state index < -0.39 is 0 Å². The molecule has 1 atom stereocenters. The number of hydrogen-bond acceptors (Lipinski definition) is 4. The van der Waals surface area contributed by atoms with Crippen LogP contribution in [0.1, 0.15) is 17.4 Å². The van der Waals surface area contributed by atoms with Crippen LogP contribution in [0.5, 0.6) is 0 Å². The molecule has 1 amide bonds. The first-order chi connectivity index (χ1) is 12.2. The Labute approximate surface area is 151 Å². The van der Waals surface area contributed by atoms with Crippen LogP contribution in [-0.2, 0) is 17.6 Å². The van der Waals surface area contributed by atoms with Crippen molar-refractivity contribution in [3.05, 3.63) is 70.5 Å². The van der Waals surface area contributed by atoms with Gasteiger partial charge in [-0.25, -0.2) is 4.98 Å². The highest BCUT2D eigenvalue weighted by molar-refractivity contribution is 7.10. The van der Waals surface area contributed by atoms with Crippen LogP contribution in [0.4, 0.5) is 17.2 Å². The van der Waals surface area contributed by atoms with Crippen molar-refractivity contribution in [2.24, 2.45) is 0 Å². The highest BCUT2D eigenvalue weighted by Crippen LogP contribution is 2.37. The van der Waals surface area contributed by atoms with Crippen LogP contribution in [-0.4, -0.2) is 16.9 Å². The molecule has 25 heavy (non-hydrogen) atoms. The Morgan fingerprint density at radius 1 is 1.24 bits per heavy atom. The van der Waals surface area contributed by atoms with Crippen LogP contribution >= 0.6 is 11.3 Å². The molecule has 4 rings (SSSR count). The molecule has 0 spiro atoms. The van der Waals surface area contributed by atoms with Crippen LogP contribution < -0.4 is 10.2 Å². The van der Waals surface area contributed by atoms with Crippen LogP contribution in [0.2, 0.25) is 0 Å². The van der Waals surface area contributed by atoms with Crippen molar-refractivity contribution in [1.29, 1.82) is 0 Å². The summed E-state index contributed by atoms with van der Waals surface area (Å²) in [7, 11) is 0. The van der Waals surface area contributed by atoms with Gasteiger partial charge in [-0.1, -0.05) is 24.3 Å². The molecule has 1 aromatic carbocycles. The molecule has 126 valence electrons. The average molecular weight is 349 g/mol. The van der Waals surface area contributed by atoms with E-state index in [0.717, 1.165) is 17.0 Å². The standard InChI is InChI=1S/C20H19N3OS/c1-14-11-15-5-2-3-7-18(15)23(14)16-8-9-19(21-13-16)22-20(24)12-17-6-4-10-25-17/h2-10,13-14H,11-12H2,1H3,(H,21,22,24). The highest BCUT2D eigenvalue weighted by Gasteiger charge is 2.26. The van der Waals surface area contributed by atoms with Crippen LogP contribution in [0.15, 0.2) is 60.1 Å². The molecule has 3 heterocycles. The fraction of sp³-hybridized carbons (Fsp3) is 0.200. The number of carbonyl (C=O) groups is 1. The molecule has 1 aliphatic rings. The van der Waals surface area contributed by atoms with Gasteiger partial charge < -0.3 is 10.2 Å². The number of aromatic nitrogens is 1. The van der Waals surface area contributed by atoms with Gasteiger partial charge in [0, 0.05) is 16.6 Å². The van der Waals surface area contributed by atoms with E-state index >= 15 is 0 Å². The van der Waals surface area contributed by atoms with E-state index in [1.165, 1.54) is 11.3 Å². The van der Waals surface area contributed by atoms with Crippen molar-refractivity contribution >= 4 is 34.4 Å². The summed E-state index contributed by atoms with van der Waals surface area (Å²) in [6, 6.07) is 16.7. The van der Waals surface area contributed by atoms with E-state index in [4.69, 9.17) is 0 Å². The molecule has 1 N–H and O–H groups in total. The molecule has 0 saturated heterocycles. The molecule has 0 aliphatic carbocycles. The second-order valence-corrected chi connectivity index (χ2v) is 7.29. The van der Waals surface area contributed by atoms with Gasteiger partial charge in [-0.05, 0) is 48.6 Å². The van der Waals surface area contributed by atoms with Gasteiger partial charge in [0.15, 0.2) is 0 Å². The maximum absolute atomic E-state index is 12.1. The number of pyridine rings is 1. The van der Waals surface area contributed by atoms with Crippen molar-refractivity contribution < 1.29 is 4.79 Å². The number of rotatable bonds is 4. The zero-order valence-electron chi connectivity index (χ0n) is 14.0. The first kappa shape index (κ1) is 15.8. The lowest BCUT2D eigenvalue weighted by Crippen LogP contribution is -2.24. The van der Waals surface area contributed by atoms with E-state index in [1.807, 2.05) is 35.8 Å². The molecule has 5 heteroatoms. The molecule has 4 nitrogen and oxygen atoms in total. The molecule has 3 aromatic rings. The maximum Gasteiger partial charge on any atom is 0.230 e. The summed E-state index contributed by atoms with van der Waals surface area (Å²) >= 11 is 1.59. The van der Waals surface area contributed by atoms with Gasteiger partial charge >= 0.3 is 0 Å². The molecule has 2 aromatic heterocycles. The zero-order chi connectivity index (χ0) is 17.2. The molecule has 0 fully saturated rings. The minimum absolute atomic E-state index is 0.0393. The van der Waals surface area contributed by atoms with Crippen molar-refractivity contribution in [3.63, 3.8) is 0 Å². The molecule has 0 bridgehead atoms. The normalized spacial score (nSPS) is 15.9. The minimum atomic E-state index is -0.0393. The molecule has 1 aliphatic heterocycles. The van der Waals surface area contributed by atoms with Gasteiger partial charge in [-0.3, -0.25) is 4.79 Å². The Morgan fingerprint density at radius 2 is 2.12 bits per heavy atom. The largest absolute Gasteiger partial charge is 0.337 e. The summed E-state index contributed by atoms with van der Waals surface area (Å²) in [5.41, 5.74) is 3.66. The number of para-hydroxylation sites is 1. The van der Waals surface area contributed by atoms with Gasteiger partial charge in [-0.15, -0.1) is 11.3 Å². The quantitative estimate of drug-likeness (QED) is 0.759. The second-order valence-electron chi connectivity index (χ2n) is 6.26. The van der Waals surface area contributed by atoms with Gasteiger partial charge in [0.1, 0.15) is 5.82 Å². The smallest absolute Gasteiger partial charge is 0.230 e. The number of fused-ring (bicyclic) bond motifs is 1. The van der Waals surface area contributed by atoms with Crippen molar-refractivity contribution in [2.75, 3.05) is 10.2 Å². The predicted octanol–water partition coefficient (Wildman–Crippen LogP) is 4.41. The lowest BCUT2D eigenvalue weighted by molar-refractivity contribution is -0.115. The maximum atomic E-state index is 12.1. The third-order valence-electron chi connectivity index (χ3n) is 4.42. The Morgan fingerprint density at radius 3 is 2.88 bits per heavy atom. The second kappa shape index (κ2) is 6.69. The summed E-state index contributed by atoms with van der Waals surface area (Å²) in [6.07, 6.45) is 3.26. The predicted molar refractivity (Wildman–Crippen MR) is 103 cm³/mol. The summed E-state index contributed by atoms with van der Waals surface area (Å²) in [6.45, 7) is 2.22. The zero-order valence-corrected chi connectivity index (χ0v) is 14.8. The van der Waals surface area contributed by atoms with Crippen molar-refractivity contribution in [1.82, 2.24) is 4.98 Å². The fourth-order valence-corrected chi connectivity index (χ4v) is 4.02. The minimum Gasteiger partial charge on any atom is -0.337 e. The van der Waals surface area contributed by atoms with E-state index in [9.17, 15) is 4.79 Å². The number of anilines is 3. The summed E-state index contributed by atoms with van der Waals surface area (Å²) < 4.78 is 0. The summed E-state index contributed by atoms with van der Waals surface area (Å²) in [5, 5.41) is 4.84. The van der Waals surface area contributed by atoms with E-state index in [2.05, 4.69) is 46.4 Å². The number of nitrogens with one attached hydrogen (secondary N) is 1. The first-order valence-corrected chi connectivity index (χ1v) is 9.24. The van der Waals surface area contributed by atoms with Gasteiger partial charge in [0.25, 0.3) is 0 Å². The van der Waals surface area contributed by atoms with Crippen molar-refractivity contribution in [3.8, 4) is 0 Å². The van der Waals surface area contributed by atoms with E-state index in [-0.39, 0.29) is 5.91 Å². The lowest BCUT2D eigenvalue weighted by Gasteiger charge is -2.24. The third kappa shape index (κ3) is 3.28. The molecule has 0 radical (unpaired) electrons. The Kier molecular flexibility index (Phi) is 4.24. The average Bonchev–Trinajstić information content (AvgIpc) is 3.22. The molecule has 1 unspecified atom stereocenters. The van der Waals surface area contributed by atoms with Gasteiger partial charge in [-0.2, -0.15) is 0 Å². The number of hydrogen-bond donors (Lipinski definition) is 1. The van der Waals surface area contributed by atoms with Crippen molar-refractivity contribution in [2.45, 2.75) is 25.8 Å². The monoisotopic (exact) mass is 349 g/mol. The molecule has 0 saturated carbocycles. The first-order valence-electron chi connectivity index (χ1n) is 8.36. The van der Waals surface area contributed by atoms with E-state index in [0.29, 0.717) is 18.3 Å². The number of carbonyl (C=O) groups excluding carboxylic acids is 1. The number of nitrogens with zero attached hydrogens (tertiary/aromatic N) is 2. The van der Waals surface area contributed by atoms with Crippen LogP contribution in [0.3, 0.4) is 0 Å². The van der Waals surface area contributed by atoms with Crippen LogP contribution in [0, 0.1) is 0 Å². The third-order valence-corrected chi connectivity index (χ3v) is 5.29. The van der Waals surface area contributed by atoms with E-state index in [1.54, 1.807) is 11.3 Å². The Hall–Kier alpha value is -2.66. The summed E-state index contributed by atoms with van der Waals surface area (Å²) in [5.74, 6) is 0.549. The topological polar surface area (TPSA) is 45.2 Å². The highest BCUT2D eigenvalue weighted by atomic mass is 32.1. The van der Waals surface area contributed by atoms with Gasteiger partial charge in [0.2, 0.25) is 5.91 Å². The van der Waals surface area contributed by atoms with Gasteiger partial charge in [0.05, 0.1) is 18.3 Å². The molecular weight excluding hydrogens is 330 g/mol. The lowest BCUT2D eigenvalue weighted by atomic mass is 10.1. The Bertz CT molecular complexity index is 874. The molecular formula is C20H19N3OS. The Balaban J connectivity index is 1.48. The fourth-order valence-electron chi connectivity index (χ4n) is 3.32. The SMILES string of the molecule is CC1Cc2ccccc2N1c1ccc(NC(=O)Cc2cccs2)nc1. The number of benzene rings is 1. The number of amides is 1. The number of thiophene rings is 1. The van der Waals surface area contributed by atoms with Crippen LogP contribution in [0.25, 0.3) is 0 Å². The summed E-state index contributed by atoms with van der Waals surface area (Å²) in [4.78, 5) is 19.9.